The minimum absolute atomic E-state index is 0.0877. The van der Waals surface area contributed by atoms with Crippen LogP contribution in [-0.4, -0.2) is 54.3 Å². The number of methoxy groups -OCH3 is 1. The summed E-state index contributed by atoms with van der Waals surface area (Å²) in [6, 6.07) is 11.6. The van der Waals surface area contributed by atoms with E-state index in [9.17, 15) is 4.79 Å². The van der Waals surface area contributed by atoms with Gasteiger partial charge in [0.15, 0.2) is 5.13 Å². The van der Waals surface area contributed by atoms with Gasteiger partial charge in [-0.2, -0.15) is 0 Å². The van der Waals surface area contributed by atoms with E-state index in [4.69, 9.17) is 21.3 Å². The fraction of sp³-hybridized carbons (Fsp3) is 0.364. The molecule has 1 amide bonds. The highest BCUT2D eigenvalue weighted by molar-refractivity contribution is 7.99. The van der Waals surface area contributed by atoms with Gasteiger partial charge in [0.25, 0.3) is 5.91 Å². The van der Waals surface area contributed by atoms with E-state index in [1.165, 1.54) is 4.90 Å². The zero-order valence-corrected chi connectivity index (χ0v) is 19.6. The lowest BCUT2D eigenvalue weighted by Crippen LogP contribution is -2.48. The number of benzene rings is 2. The van der Waals surface area contributed by atoms with Crippen LogP contribution in [0, 0.1) is 0 Å². The van der Waals surface area contributed by atoms with Crippen molar-refractivity contribution in [2.24, 2.45) is 0 Å². The predicted octanol–water partition coefficient (Wildman–Crippen LogP) is 5.42. The van der Waals surface area contributed by atoms with E-state index in [2.05, 4.69) is 18.7 Å². The highest BCUT2D eigenvalue weighted by Gasteiger charge is 2.25. The maximum Gasteiger partial charge on any atom is 0.253 e. The first-order valence-electron chi connectivity index (χ1n) is 9.90. The summed E-state index contributed by atoms with van der Waals surface area (Å²) >= 11 is 9.72. The predicted molar refractivity (Wildman–Crippen MR) is 127 cm³/mol. The Bertz CT molecular complexity index is 1040. The Balaban J connectivity index is 1.43. The Hall–Kier alpha value is -1.96. The molecule has 1 saturated heterocycles. The van der Waals surface area contributed by atoms with Crippen LogP contribution in [0.1, 0.15) is 24.2 Å². The van der Waals surface area contributed by atoms with Crippen LogP contribution in [0.5, 0.6) is 5.75 Å². The number of halogens is 1. The fourth-order valence-corrected chi connectivity index (χ4v) is 5.62. The summed E-state index contributed by atoms with van der Waals surface area (Å²) in [6.45, 7) is 7.15. The van der Waals surface area contributed by atoms with Gasteiger partial charge in [0.2, 0.25) is 0 Å². The van der Waals surface area contributed by atoms with Gasteiger partial charge in [-0.3, -0.25) is 4.79 Å². The number of carbonyl (C=O) groups is 1. The van der Waals surface area contributed by atoms with Crippen LogP contribution >= 0.6 is 34.7 Å². The van der Waals surface area contributed by atoms with Crippen LogP contribution in [0.2, 0.25) is 5.02 Å². The molecule has 3 aromatic rings. The number of aromatic nitrogens is 1. The minimum Gasteiger partial charge on any atom is -0.494 e. The van der Waals surface area contributed by atoms with Crippen LogP contribution in [0.25, 0.3) is 10.2 Å². The zero-order valence-electron chi connectivity index (χ0n) is 17.2. The second-order valence-electron chi connectivity index (χ2n) is 7.39. The number of thioether (sulfide) groups is 1. The molecular weight excluding hydrogens is 438 g/mol. The van der Waals surface area contributed by atoms with Crippen LogP contribution in [0.15, 0.2) is 41.3 Å². The largest absolute Gasteiger partial charge is 0.494 e. The molecule has 0 unspecified atom stereocenters. The molecule has 4 rings (SSSR count). The van der Waals surface area contributed by atoms with E-state index in [0.717, 1.165) is 39.8 Å². The van der Waals surface area contributed by atoms with Gasteiger partial charge in [-0.05, 0) is 36.4 Å². The van der Waals surface area contributed by atoms with Gasteiger partial charge < -0.3 is 14.5 Å². The van der Waals surface area contributed by atoms with Crippen molar-refractivity contribution in [3.8, 4) is 5.75 Å². The first-order chi connectivity index (χ1) is 14.5. The third kappa shape index (κ3) is 4.38. The van der Waals surface area contributed by atoms with Gasteiger partial charge in [0.1, 0.15) is 11.3 Å². The van der Waals surface area contributed by atoms with Crippen LogP contribution in [0.4, 0.5) is 5.13 Å². The number of anilines is 1. The Labute approximate surface area is 190 Å². The summed E-state index contributed by atoms with van der Waals surface area (Å²) in [6.07, 6.45) is 0. The van der Waals surface area contributed by atoms with Gasteiger partial charge in [0, 0.05) is 41.9 Å². The molecule has 0 atom stereocenters. The van der Waals surface area contributed by atoms with E-state index in [1.54, 1.807) is 30.2 Å². The second kappa shape index (κ2) is 9.04. The number of nitrogens with zero attached hydrogens (tertiary/aromatic N) is 3. The summed E-state index contributed by atoms with van der Waals surface area (Å²) in [5, 5.41) is 2.12. The van der Waals surface area contributed by atoms with Crippen molar-refractivity contribution in [2.75, 3.05) is 38.2 Å². The van der Waals surface area contributed by atoms with Crippen molar-refractivity contribution in [1.29, 1.82) is 0 Å². The molecule has 1 fully saturated rings. The minimum atomic E-state index is 0.0877. The molecule has 1 aliphatic rings. The molecule has 30 heavy (non-hydrogen) atoms. The normalized spacial score (nSPS) is 14.6. The van der Waals surface area contributed by atoms with Crippen LogP contribution < -0.4 is 9.64 Å². The molecule has 2 heterocycles. The van der Waals surface area contributed by atoms with Gasteiger partial charge in [-0.1, -0.05) is 36.8 Å². The quantitative estimate of drug-likeness (QED) is 0.474. The number of ether oxygens (including phenoxy) is 1. The van der Waals surface area contributed by atoms with Crippen molar-refractivity contribution in [1.82, 2.24) is 9.88 Å². The highest BCUT2D eigenvalue weighted by Crippen LogP contribution is 2.38. The number of hydrogen-bond acceptors (Lipinski definition) is 6. The Kier molecular flexibility index (Phi) is 6.41. The highest BCUT2D eigenvalue weighted by atomic mass is 35.5. The van der Waals surface area contributed by atoms with Gasteiger partial charge in [0.05, 0.1) is 16.8 Å². The van der Waals surface area contributed by atoms with Gasteiger partial charge >= 0.3 is 0 Å². The molecule has 2 aromatic carbocycles. The van der Waals surface area contributed by atoms with E-state index >= 15 is 0 Å². The first-order valence-corrected chi connectivity index (χ1v) is 12.0. The Morgan fingerprint density at radius 2 is 1.83 bits per heavy atom. The van der Waals surface area contributed by atoms with Crippen molar-refractivity contribution in [3.63, 3.8) is 0 Å². The van der Waals surface area contributed by atoms with Crippen molar-refractivity contribution in [2.45, 2.75) is 24.0 Å². The molecule has 0 spiro atoms. The molecule has 0 saturated carbocycles. The fourth-order valence-electron chi connectivity index (χ4n) is 3.47. The molecule has 1 aromatic heterocycles. The average Bonchev–Trinajstić information content (AvgIpc) is 3.20. The van der Waals surface area contributed by atoms with Crippen molar-refractivity contribution in [3.05, 3.63) is 47.0 Å². The van der Waals surface area contributed by atoms with Gasteiger partial charge in [-0.15, -0.1) is 11.8 Å². The second-order valence-corrected chi connectivity index (χ2v) is 10.4. The molecule has 1 aliphatic heterocycles. The third-order valence-electron chi connectivity index (χ3n) is 4.98. The average molecular weight is 462 g/mol. The molecule has 8 heteroatoms. The molecule has 0 aliphatic carbocycles. The van der Waals surface area contributed by atoms with Crippen LogP contribution in [-0.2, 0) is 0 Å². The SMILES string of the molecule is COc1ccc(Cl)c2sc(N3CCN(C(=O)c4ccc(SC(C)C)cc4)CC3)nc12. The van der Waals surface area contributed by atoms with Crippen LogP contribution in [0.3, 0.4) is 0 Å². The first kappa shape index (κ1) is 21.3. The van der Waals surface area contributed by atoms with Crippen molar-refractivity contribution < 1.29 is 9.53 Å². The third-order valence-corrected chi connectivity index (χ3v) is 7.57. The van der Waals surface area contributed by atoms with E-state index < -0.39 is 0 Å². The topological polar surface area (TPSA) is 45.7 Å². The van der Waals surface area contributed by atoms with E-state index in [0.29, 0.717) is 23.4 Å². The maximum absolute atomic E-state index is 12.9. The number of amides is 1. The number of thiazole rings is 1. The molecule has 5 nitrogen and oxygen atoms in total. The lowest BCUT2D eigenvalue weighted by atomic mass is 10.2. The number of fused-ring (bicyclic) bond motifs is 1. The smallest absolute Gasteiger partial charge is 0.253 e. The summed E-state index contributed by atoms with van der Waals surface area (Å²) in [5.41, 5.74) is 1.54. The Morgan fingerprint density at radius 1 is 1.13 bits per heavy atom. The summed E-state index contributed by atoms with van der Waals surface area (Å²) < 4.78 is 6.36. The monoisotopic (exact) mass is 461 g/mol. The molecular formula is C22H24ClN3O2S2. The molecule has 158 valence electrons. The lowest BCUT2D eigenvalue weighted by Gasteiger charge is -2.34. The number of rotatable bonds is 5. The Morgan fingerprint density at radius 3 is 2.47 bits per heavy atom. The lowest BCUT2D eigenvalue weighted by molar-refractivity contribution is 0.0746. The zero-order chi connectivity index (χ0) is 21.3. The molecule has 0 radical (unpaired) electrons. The number of hydrogen-bond donors (Lipinski definition) is 0. The van der Waals surface area contributed by atoms with E-state index in [-0.39, 0.29) is 5.91 Å². The number of piperazine rings is 1. The van der Waals surface area contributed by atoms with E-state index in [1.807, 2.05) is 41.3 Å². The molecule has 0 N–H and O–H groups in total. The number of carbonyl (C=O) groups excluding carboxylic acids is 1. The standard InChI is InChI=1S/C22H24ClN3O2S2/c1-14(2)29-16-6-4-15(5-7-16)21(27)25-10-12-26(13-11-25)22-24-19-18(28-3)9-8-17(23)20(19)30-22/h4-9,14H,10-13H2,1-3H3. The van der Waals surface area contributed by atoms with Crippen molar-refractivity contribution >= 4 is 56.0 Å². The molecule has 0 bridgehead atoms. The maximum atomic E-state index is 12.9. The van der Waals surface area contributed by atoms with Gasteiger partial charge in [-0.25, -0.2) is 4.98 Å². The summed E-state index contributed by atoms with van der Waals surface area (Å²) in [4.78, 5) is 23.0. The summed E-state index contributed by atoms with van der Waals surface area (Å²) in [5.74, 6) is 0.814. The summed E-state index contributed by atoms with van der Waals surface area (Å²) in [7, 11) is 1.64.